The van der Waals surface area contributed by atoms with E-state index >= 15 is 0 Å². The summed E-state index contributed by atoms with van der Waals surface area (Å²) >= 11 is 3.31. The molecule has 0 heterocycles. The first-order valence-electron chi connectivity index (χ1n) is 4.32. The predicted molar refractivity (Wildman–Crippen MR) is 64.3 cm³/mol. The summed E-state index contributed by atoms with van der Waals surface area (Å²) in [6, 6.07) is 5.49. The minimum absolute atomic E-state index is 0.420. The Balaban J connectivity index is 3.46. The fraction of sp³-hybridized carbons (Fsp3) is 0.300. The Labute approximate surface area is 98.2 Å². The highest BCUT2D eigenvalue weighted by molar-refractivity contribution is 9.10. The largest absolute Gasteiger partial charge is 0.272 e. The molecule has 1 atom stereocenters. The molecule has 0 aliphatic rings. The summed E-state index contributed by atoms with van der Waals surface area (Å²) in [6.45, 7) is 3.20. The summed E-state index contributed by atoms with van der Waals surface area (Å²) in [6.07, 6.45) is 1.47. The van der Waals surface area contributed by atoms with E-state index in [0.29, 0.717) is 9.37 Å². The molecule has 1 aromatic carbocycles. The second-order valence-electron chi connectivity index (χ2n) is 3.35. The number of hydrogen-bond acceptors (Lipinski definition) is 2. The van der Waals surface area contributed by atoms with E-state index in [2.05, 4.69) is 20.3 Å². The molecule has 0 bridgehead atoms. The molecular weight excluding hydrogens is 278 g/mol. The lowest BCUT2D eigenvalue weighted by Gasteiger charge is -2.06. The third-order valence-electron chi connectivity index (χ3n) is 1.80. The molecule has 15 heavy (non-hydrogen) atoms. The van der Waals surface area contributed by atoms with Crippen LogP contribution in [0.25, 0.3) is 0 Å². The molecule has 82 valence electrons. The highest BCUT2D eigenvalue weighted by atomic mass is 79.9. The second-order valence-corrected chi connectivity index (χ2v) is 6.43. The highest BCUT2D eigenvalue weighted by Crippen LogP contribution is 2.24. The van der Waals surface area contributed by atoms with Gasteiger partial charge in [-0.3, -0.25) is 4.79 Å². The van der Waals surface area contributed by atoms with Crippen molar-refractivity contribution in [3.8, 4) is 0 Å². The van der Waals surface area contributed by atoms with Crippen LogP contribution in [0.5, 0.6) is 0 Å². The molecule has 0 saturated heterocycles. The van der Waals surface area contributed by atoms with Crippen LogP contribution in [0.2, 0.25) is 0 Å². The van der Waals surface area contributed by atoms with Crippen molar-refractivity contribution in [1.82, 2.24) is 0 Å². The van der Waals surface area contributed by atoms with Gasteiger partial charge >= 0.3 is 0 Å². The van der Waals surface area contributed by atoms with Gasteiger partial charge in [-0.25, -0.2) is 4.21 Å². The first-order valence-corrected chi connectivity index (χ1v) is 7.03. The average Bonchev–Trinajstić information content (AvgIpc) is 2.06. The van der Waals surface area contributed by atoms with Gasteiger partial charge in [-0.15, -0.1) is 0 Å². The Morgan fingerprint density at radius 2 is 2.07 bits per heavy atom. The minimum atomic E-state index is -2.63. The first kappa shape index (κ1) is 12.4. The van der Waals surface area contributed by atoms with Crippen LogP contribution in [0, 0.1) is 6.92 Å². The highest BCUT2D eigenvalue weighted by Gasteiger charge is 2.11. The fourth-order valence-electron chi connectivity index (χ4n) is 1.20. The molecule has 0 aromatic heterocycles. The average molecular weight is 290 g/mol. The Kier molecular flexibility index (Phi) is 3.67. The zero-order chi connectivity index (χ0) is 11.6. The van der Waals surface area contributed by atoms with Crippen molar-refractivity contribution in [2.75, 3.05) is 6.26 Å². The quantitative estimate of drug-likeness (QED) is 0.798. The lowest BCUT2D eigenvalue weighted by Crippen LogP contribution is -2.02. The lowest BCUT2D eigenvalue weighted by atomic mass is 10.2. The van der Waals surface area contributed by atoms with E-state index in [1.54, 1.807) is 6.07 Å². The maximum atomic E-state index is 12.2. The Hall–Kier alpha value is -0.680. The maximum Gasteiger partial charge on any atom is 0.250 e. The molecule has 1 aromatic rings. The lowest BCUT2D eigenvalue weighted by molar-refractivity contribution is -0.115. The Morgan fingerprint density at radius 3 is 2.60 bits per heavy atom. The molecule has 1 unspecified atom stereocenters. The molecule has 1 rings (SSSR count). The summed E-state index contributed by atoms with van der Waals surface area (Å²) in [5, 5.41) is 0. The van der Waals surface area contributed by atoms with E-state index in [9.17, 15) is 9.00 Å². The fourth-order valence-corrected chi connectivity index (χ4v) is 3.77. The van der Waals surface area contributed by atoms with E-state index in [1.807, 2.05) is 19.1 Å². The monoisotopic (exact) mass is 289 g/mol. The molecular formula is C10H12BrNO2S. The van der Waals surface area contributed by atoms with E-state index in [0.717, 1.165) is 5.56 Å². The van der Waals surface area contributed by atoms with Gasteiger partial charge in [0, 0.05) is 17.7 Å². The molecule has 0 saturated carbocycles. The van der Waals surface area contributed by atoms with Gasteiger partial charge in [0.2, 0.25) is 0 Å². The van der Waals surface area contributed by atoms with Gasteiger partial charge in [-0.05, 0) is 40.5 Å². The smallest absolute Gasteiger partial charge is 0.250 e. The van der Waals surface area contributed by atoms with Gasteiger partial charge in [0.25, 0.3) is 5.91 Å². The zero-order valence-electron chi connectivity index (χ0n) is 8.78. The maximum absolute atomic E-state index is 12.2. The molecule has 0 spiro atoms. The van der Waals surface area contributed by atoms with E-state index in [-0.39, 0.29) is 0 Å². The van der Waals surface area contributed by atoms with Crippen LogP contribution in [0.3, 0.4) is 0 Å². The van der Waals surface area contributed by atoms with Crippen LogP contribution < -0.4 is 0 Å². The van der Waals surface area contributed by atoms with Gasteiger partial charge < -0.3 is 0 Å². The molecule has 0 aliphatic heterocycles. The Morgan fingerprint density at radius 1 is 1.47 bits per heavy atom. The minimum Gasteiger partial charge on any atom is -0.272 e. The first-order chi connectivity index (χ1) is 6.83. The summed E-state index contributed by atoms with van der Waals surface area (Å²) in [5.74, 6) is -0.420. The summed E-state index contributed by atoms with van der Waals surface area (Å²) < 4.78 is 16.5. The van der Waals surface area contributed by atoms with Crippen molar-refractivity contribution in [3.05, 3.63) is 28.2 Å². The topological polar surface area (TPSA) is 46.5 Å². The van der Waals surface area contributed by atoms with Gasteiger partial charge in [0.15, 0.2) is 0 Å². The van der Waals surface area contributed by atoms with Gasteiger partial charge in [0.05, 0.1) is 14.6 Å². The molecule has 0 aliphatic carbocycles. The second kappa shape index (κ2) is 4.45. The molecule has 0 radical (unpaired) electrons. The third kappa shape index (κ3) is 3.14. The van der Waals surface area contributed by atoms with Gasteiger partial charge in [-0.1, -0.05) is 6.07 Å². The van der Waals surface area contributed by atoms with Crippen molar-refractivity contribution >= 4 is 31.6 Å². The number of nitrogens with zero attached hydrogens (tertiary/aromatic N) is 1. The number of carbonyl (C=O) groups is 1. The van der Waals surface area contributed by atoms with Crippen LogP contribution in [-0.2, 0) is 14.5 Å². The van der Waals surface area contributed by atoms with Crippen LogP contribution in [0.1, 0.15) is 12.5 Å². The van der Waals surface area contributed by atoms with Crippen molar-refractivity contribution in [3.63, 3.8) is 0 Å². The van der Waals surface area contributed by atoms with E-state index in [1.165, 1.54) is 13.2 Å². The van der Waals surface area contributed by atoms with Crippen LogP contribution in [-0.4, -0.2) is 16.4 Å². The van der Waals surface area contributed by atoms with Crippen molar-refractivity contribution in [1.29, 1.82) is 0 Å². The number of amides is 1. The normalized spacial score (nSPS) is 14.4. The predicted octanol–water partition coefficient (Wildman–Crippen LogP) is 2.76. The van der Waals surface area contributed by atoms with Crippen LogP contribution in [0.15, 0.2) is 31.9 Å². The van der Waals surface area contributed by atoms with Crippen LogP contribution >= 0.6 is 15.9 Å². The summed E-state index contributed by atoms with van der Waals surface area (Å²) in [4.78, 5) is 11.4. The number of rotatable bonds is 1. The van der Waals surface area contributed by atoms with E-state index < -0.39 is 15.6 Å². The molecule has 0 N–H and O–H groups in total. The number of aryl methyl sites for hydroxylation is 1. The summed E-state index contributed by atoms with van der Waals surface area (Å²) in [5.41, 5.74) is 0.988. The van der Waals surface area contributed by atoms with Gasteiger partial charge in [0.1, 0.15) is 0 Å². The third-order valence-corrected chi connectivity index (χ3v) is 4.51. The standard InChI is InChI=1S/C10H12BrNO2S/c1-7-4-5-9(11)10(6-7)15(3,14)12-8(2)13/h4-6H,1-3H3. The van der Waals surface area contributed by atoms with E-state index in [4.69, 9.17) is 0 Å². The summed E-state index contributed by atoms with van der Waals surface area (Å²) in [7, 11) is -2.63. The molecule has 1 amide bonds. The van der Waals surface area contributed by atoms with Crippen molar-refractivity contribution in [2.45, 2.75) is 18.7 Å². The molecule has 5 heteroatoms. The molecule has 3 nitrogen and oxygen atoms in total. The Bertz CT molecular complexity index is 516. The van der Waals surface area contributed by atoms with Crippen LogP contribution in [0.4, 0.5) is 0 Å². The molecule has 0 fully saturated rings. The van der Waals surface area contributed by atoms with Crippen molar-refractivity contribution < 1.29 is 9.00 Å². The number of halogens is 1. The number of benzene rings is 1. The zero-order valence-corrected chi connectivity index (χ0v) is 11.2. The SMILES string of the molecule is CC(=O)N=S(C)(=O)c1cc(C)ccc1Br. The van der Waals surface area contributed by atoms with Crippen molar-refractivity contribution in [2.24, 2.45) is 4.36 Å². The number of carbonyl (C=O) groups excluding carboxylic acids is 1. The number of hydrogen-bond donors (Lipinski definition) is 0. The van der Waals surface area contributed by atoms with Gasteiger partial charge in [-0.2, -0.15) is 4.36 Å².